The van der Waals surface area contributed by atoms with Crippen LogP contribution in [0.4, 0.5) is 0 Å². The first kappa shape index (κ1) is 12.7. The number of aliphatic hydroxyl groups is 1. The lowest BCUT2D eigenvalue weighted by Crippen LogP contribution is -1.90. The van der Waals surface area contributed by atoms with Gasteiger partial charge in [-0.05, 0) is 37.1 Å². The van der Waals surface area contributed by atoms with E-state index < -0.39 is 0 Å². The Morgan fingerprint density at radius 3 is 2.44 bits per heavy atom. The van der Waals surface area contributed by atoms with Gasteiger partial charge in [-0.15, -0.1) is 0 Å². The SMILES string of the molecule is CC.Cc1ccc2cc(CO)cc(C)c2n1. The molecule has 0 amide bonds. The van der Waals surface area contributed by atoms with Crippen LogP contribution in [0.5, 0.6) is 0 Å². The quantitative estimate of drug-likeness (QED) is 0.794. The molecule has 1 heterocycles. The van der Waals surface area contributed by atoms with Crippen LogP contribution in [0.3, 0.4) is 0 Å². The Labute approximate surface area is 97.0 Å². The fraction of sp³-hybridized carbons (Fsp3) is 0.357. The van der Waals surface area contributed by atoms with Crippen molar-refractivity contribution in [1.82, 2.24) is 4.98 Å². The summed E-state index contributed by atoms with van der Waals surface area (Å²) >= 11 is 0. The van der Waals surface area contributed by atoms with E-state index >= 15 is 0 Å². The van der Waals surface area contributed by atoms with Crippen LogP contribution in [0.1, 0.15) is 30.7 Å². The van der Waals surface area contributed by atoms with Crippen molar-refractivity contribution in [2.75, 3.05) is 0 Å². The molecular formula is C14H19NO. The lowest BCUT2D eigenvalue weighted by atomic mass is 10.1. The molecule has 0 radical (unpaired) electrons. The molecule has 1 aromatic carbocycles. The Morgan fingerprint density at radius 2 is 1.81 bits per heavy atom. The first-order valence-corrected chi connectivity index (χ1v) is 5.68. The van der Waals surface area contributed by atoms with Gasteiger partial charge in [-0.1, -0.05) is 26.0 Å². The fourth-order valence-corrected chi connectivity index (χ4v) is 1.68. The summed E-state index contributed by atoms with van der Waals surface area (Å²) in [6.07, 6.45) is 0. The van der Waals surface area contributed by atoms with E-state index in [2.05, 4.69) is 4.98 Å². The molecule has 16 heavy (non-hydrogen) atoms. The average molecular weight is 217 g/mol. The third-order valence-corrected chi connectivity index (χ3v) is 2.36. The van der Waals surface area contributed by atoms with Gasteiger partial charge < -0.3 is 5.11 Å². The zero-order chi connectivity index (χ0) is 12.1. The van der Waals surface area contributed by atoms with Crippen molar-refractivity contribution in [3.05, 3.63) is 41.1 Å². The van der Waals surface area contributed by atoms with Crippen LogP contribution >= 0.6 is 0 Å². The maximum atomic E-state index is 9.06. The topological polar surface area (TPSA) is 33.1 Å². The van der Waals surface area contributed by atoms with E-state index in [1.165, 1.54) is 0 Å². The van der Waals surface area contributed by atoms with E-state index in [-0.39, 0.29) is 6.61 Å². The predicted octanol–water partition coefficient (Wildman–Crippen LogP) is 3.37. The summed E-state index contributed by atoms with van der Waals surface area (Å²) in [4.78, 5) is 4.47. The first-order valence-electron chi connectivity index (χ1n) is 5.68. The van der Waals surface area contributed by atoms with Crippen LogP contribution in [0.15, 0.2) is 24.3 Å². The number of pyridine rings is 1. The molecule has 0 spiro atoms. The van der Waals surface area contributed by atoms with Gasteiger partial charge in [0.05, 0.1) is 12.1 Å². The second-order valence-electron chi connectivity index (χ2n) is 3.60. The Balaban J connectivity index is 0.000000606. The normalized spacial score (nSPS) is 9.81. The minimum Gasteiger partial charge on any atom is -0.392 e. The molecule has 0 aliphatic heterocycles. The third-order valence-electron chi connectivity index (χ3n) is 2.36. The standard InChI is InChI=1S/C12H13NO.C2H6/c1-8-5-10(7-14)6-11-4-3-9(2)13-12(8)11;1-2/h3-6,14H,7H2,1-2H3;1-2H3. The highest BCUT2D eigenvalue weighted by atomic mass is 16.3. The van der Waals surface area contributed by atoms with Gasteiger partial charge in [0.25, 0.3) is 0 Å². The Kier molecular flexibility index (Phi) is 4.44. The van der Waals surface area contributed by atoms with E-state index in [4.69, 9.17) is 5.11 Å². The van der Waals surface area contributed by atoms with Crippen molar-refractivity contribution in [2.45, 2.75) is 34.3 Å². The Hall–Kier alpha value is -1.41. The van der Waals surface area contributed by atoms with Gasteiger partial charge in [0.2, 0.25) is 0 Å². The second kappa shape index (κ2) is 5.61. The zero-order valence-corrected chi connectivity index (χ0v) is 10.4. The van der Waals surface area contributed by atoms with E-state index in [0.29, 0.717) is 0 Å². The highest BCUT2D eigenvalue weighted by Gasteiger charge is 2.01. The fourth-order valence-electron chi connectivity index (χ4n) is 1.68. The molecular weight excluding hydrogens is 198 g/mol. The molecule has 0 saturated carbocycles. The lowest BCUT2D eigenvalue weighted by Gasteiger charge is -2.05. The van der Waals surface area contributed by atoms with Gasteiger partial charge in [-0.25, -0.2) is 0 Å². The van der Waals surface area contributed by atoms with Crippen molar-refractivity contribution >= 4 is 10.9 Å². The molecule has 1 N–H and O–H groups in total. The van der Waals surface area contributed by atoms with Crippen LogP contribution in [0.25, 0.3) is 10.9 Å². The number of aliphatic hydroxyl groups excluding tert-OH is 1. The van der Waals surface area contributed by atoms with Crippen LogP contribution in [-0.2, 0) is 6.61 Å². The summed E-state index contributed by atoms with van der Waals surface area (Å²) < 4.78 is 0. The van der Waals surface area contributed by atoms with E-state index in [9.17, 15) is 0 Å². The van der Waals surface area contributed by atoms with E-state index in [0.717, 1.165) is 27.7 Å². The summed E-state index contributed by atoms with van der Waals surface area (Å²) in [5.74, 6) is 0. The summed E-state index contributed by atoms with van der Waals surface area (Å²) in [5, 5.41) is 10.2. The molecule has 86 valence electrons. The van der Waals surface area contributed by atoms with Crippen LogP contribution < -0.4 is 0 Å². The van der Waals surface area contributed by atoms with Gasteiger partial charge in [0, 0.05) is 11.1 Å². The molecule has 0 bridgehead atoms. The first-order chi connectivity index (χ1) is 7.70. The van der Waals surface area contributed by atoms with Crippen molar-refractivity contribution in [1.29, 1.82) is 0 Å². The molecule has 0 aliphatic rings. The van der Waals surface area contributed by atoms with Gasteiger partial charge in [-0.2, -0.15) is 0 Å². The predicted molar refractivity (Wildman–Crippen MR) is 68.5 cm³/mol. The van der Waals surface area contributed by atoms with Gasteiger partial charge >= 0.3 is 0 Å². The highest BCUT2D eigenvalue weighted by Crippen LogP contribution is 2.19. The monoisotopic (exact) mass is 217 g/mol. The van der Waals surface area contributed by atoms with Gasteiger partial charge in [-0.3, -0.25) is 4.98 Å². The van der Waals surface area contributed by atoms with E-state index in [1.807, 2.05) is 52.0 Å². The minimum atomic E-state index is 0.0880. The maximum Gasteiger partial charge on any atom is 0.0734 e. The molecule has 0 fully saturated rings. The number of benzene rings is 1. The van der Waals surface area contributed by atoms with Crippen molar-refractivity contribution < 1.29 is 5.11 Å². The van der Waals surface area contributed by atoms with Crippen LogP contribution in [0, 0.1) is 13.8 Å². The number of hydrogen-bond acceptors (Lipinski definition) is 2. The average Bonchev–Trinajstić information content (AvgIpc) is 2.32. The summed E-state index contributed by atoms with van der Waals surface area (Å²) in [6.45, 7) is 8.09. The molecule has 0 unspecified atom stereocenters. The summed E-state index contributed by atoms with van der Waals surface area (Å²) in [5.41, 5.74) is 4.12. The molecule has 0 atom stereocenters. The minimum absolute atomic E-state index is 0.0880. The molecule has 2 nitrogen and oxygen atoms in total. The number of aromatic nitrogens is 1. The van der Waals surface area contributed by atoms with Crippen molar-refractivity contribution in [3.8, 4) is 0 Å². The van der Waals surface area contributed by atoms with Crippen molar-refractivity contribution in [2.24, 2.45) is 0 Å². The smallest absolute Gasteiger partial charge is 0.0734 e. The van der Waals surface area contributed by atoms with Gasteiger partial charge in [0.1, 0.15) is 0 Å². The van der Waals surface area contributed by atoms with Crippen LogP contribution in [0.2, 0.25) is 0 Å². The zero-order valence-electron chi connectivity index (χ0n) is 10.4. The van der Waals surface area contributed by atoms with Crippen LogP contribution in [-0.4, -0.2) is 10.1 Å². The molecule has 0 saturated heterocycles. The molecule has 0 aliphatic carbocycles. The molecule has 2 rings (SSSR count). The number of fused-ring (bicyclic) bond motifs is 1. The Morgan fingerprint density at radius 1 is 1.12 bits per heavy atom. The number of aryl methyl sites for hydroxylation is 2. The van der Waals surface area contributed by atoms with Gasteiger partial charge in [0.15, 0.2) is 0 Å². The Bertz CT molecular complexity index is 477. The largest absolute Gasteiger partial charge is 0.392 e. The lowest BCUT2D eigenvalue weighted by molar-refractivity contribution is 0.282. The third kappa shape index (κ3) is 2.58. The second-order valence-corrected chi connectivity index (χ2v) is 3.60. The number of hydrogen-bond donors (Lipinski definition) is 1. The van der Waals surface area contributed by atoms with E-state index in [1.54, 1.807) is 0 Å². The summed E-state index contributed by atoms with van der Waals surface area (Å²) in [7, 11) is 0. The molecule has 2 aromatic rings. The van der Waals surface area contributed by atoms with Crippen molar-refractivity contribution in [3.63, 3.8) is 0 Å². The molecule has 2 heteroatoms. The summed E-state index contributed by atoms with van der Waals surface area (Å²) in [6, 6.07) is 8.00. The number of nitrogens with zero attached hydrogens (tertiary/aromatic N) is 1. The maximum absolute atomic E-state index is 9.06. The number of rotatable bonds is 1. The molecule has 1 aromatic heterocycles. The highest BCUT2D eigenvalue weighted by molar-refractivity contribution is 5.82.